The molecule has 0 bridgehead atoms. The van der Waals surface area contributed by atoms with E-state index in [0.717, 1.165) is 0 Å². The number of hydrogen-bond donors (Lipinski definition) is 9. The number of thiol groups is 1. The van der Waals surface area contributed by atoms with E-state index in [1.807, 2.05) is 6.92 Å². The van der Waals surface area contributed by atoms with Crippen LogP contribution in [0.15, 0.2) is 29.3 Å². The van der Waals surface area contributed by atoms with Gasteiger partial charge in [0, 0.05) is 18.7 Å². The van der Waals surface area contributed by atoms with Crippen LogP contribution in [0.1, 0.15) is 38.7 Å². The highest BCUT2D eigenvalue weighted by molar-refractivity contribution is 7.80. The molecular weight excluding hydrogens is 514 g/mol. The van der Waals surface area contributed by atoms with E-state index in [4.69, 9.17) is 17.2 Å². The Kier molecular flexibility index (Phi) is 14.0. The zero-order chi connectivity index (χ0) is 28.8. The van der Waals surface area contributed by atoms with Crippen molar-refractivity contribution < 1.29 is 29.4 Å². The van der Waals surface area contributed by atoms with Crippen molar-refractivity contribution >= 4 is 42.3 Å². The van der Waals surface area contributed by atoms with Gasteiger partial charge in [-0.3, -0.25) is 19.4 Å². The number of aliphatic imine (C=N–C) groups is 1. The smallest absolute Gasteiger partial charge is 0.327 e. The summed E-state index contributed by atoms with van der Waals surface area (Å²) in [6.45, 7) is 3.85. The molecule has 5 unspecified atom stereocenters. The number of carbonyl (C=O) groups is 4. The van der Waals surface area contributed by atoms with Gasteiger partial charge < -0.3 is 43.4 Å². The Labute approximate surface area is 227 Å². The maximum atomic E-state index is 13.4. The van der Waals surface area contributed by atoms with E-state index in [0.29, 0.717) is 18.4 Å². The Morgan fingerprint density at radius 2 is 1.61 bits per heavy atom. The van der Waals surface area contributed by atoms with Gasteiger partial charge in [0.2, 0.25) is 17.7 Å². The highest BCUT2D eigenvalue weighted by atomic mass is 32.1. The Morgan fingerprint density at radius 3 is 2.13 bits per heavy atom. The van der Waals surface area contributed by atoms with Gasteiger partial charge in [0.15, 0.2) is 5.96 Å². The number of carbonyl (C=O) groups excluding carboxylic acids is 3. The number of hydrogen-bond acceptors (Lipinski definition) is 8. The van der Waals surface area contributed by atoms with Crippen LogP contribution in [-0.4, -0.2) is 76.3 Å². The zero-order valence-electron chi connectivity index (χ0n) is 21.6. The minimum absolute atomic E-state index is 0.0345. The maximum absolute atomic E-state index is 13.4. The third kappa shape index (κ3) is 11.3. The standard InChI is InChI=1S/C24H39N7O6S/c1-3-13(2)19(22(35)30-18(12-38)23(36)37)31-21(34)17(11-14-6-8-15(32)9-7-14)29-20(33)16(25)5-4-10-28-24(26)27/h6-9,13,16-19,32,38H,3-5,10-12,25H2,1-2H3,(H,29,33)(H,30,35)(H,31,34)(H,36,37)(H4,26,27,28). The van der Waals surface area contributed by atoms with E-state index in [2.05, 4.69) is 33.6 Å². The van der Waals surface area contributed by atoms with Crippen molar-refractivity contribution in [1.29, 1.82) is 0 Å². The number of nitrogens with one attached hydrogen (secondary N) is 3. The number of benzene rings is 1. The van der Waals surface area contributed by atoms with Crippen molar-refractivity contribution in [2.75, 3.05) is 12.3 Å². The Bertz CT molecular complexity index is 972. The molecule has 13 nitrogen and oxygen atoms in total. The van der Waals surface area contributed by atoms with Gasteiger partial charge in [0.25, 0.3) is 0 Å². The summed E-state index contributed by atoms with van der Waals surface area (Å²) in [7, 11) is 0. The van der Waals surface area contributed by atoms with Crippen LogP contribution in [0.5, 0.6) is 5.75 Å². The van der Waals surface area contributed by atoms with Crippen LogP contribution in [0.2, 0.25) is 0 Å². The Hall–Kier alpha value is -3.52. The van der Waals surface area contributed by atoms with Gasteiger partial charge in [-0.1, -0.05) is 32.4 Å². The highest BCUT2D eigenvalue weighted by Gasteiger charge is 2.32. The molecule has 0 heterocycles. The third-order valence-electron chi connectivity index (χ3n) is 5.90. The van der Waals surface area contributed by atoms with Crippen LogP contribution in [0.25, 0.3) is 0 Å². The molecule has 0 aromatic heterocycles. The second-order valence-corrected chi connectivity index (χ2v) is 9.31. The molecular formula is C24H39N7O6S. The monoisotopic (exact) mass is 553 g/mol. The molecule has 0 aliphatic carbocycles. The van der Waals surface area contributed by atoms with Gasteiger partial charge in [0.05, 0.1) is 6.04 Å². The number of phenolic OH excluding ortho intramolecular Hbond substituents is 1. The molecule has 38 heavy (non-hydrogen) atoms. The number of nitrogens with zero attached hydrogens (tertiary/aromatic N) is 1. The van der Waals surface area contributed by atoms with E-state index in [1.54, 1.807) is 19.1 Å². The molecule has 0 saturated heterocycles. The summed E-state index contributed by atoms with van der Waals surface area (Å²) in [5.41, 5.74) is 17.2. The normalized spacial score (nSPS) is 14.7. The number of nitrogens with two attached hydrogens (primary N) is 3. The molecule has 1 rings (SSSR count). The summed E-state index contributed by atoms with van der Waals surface area (Å²) in [5, 5.41) is 26.5. The Balaban J connectivity index is 3.08. The molecule has 14 heteroatoms. The van der Waals surface area contributed by atoms with Crippen molar-refractivity contribution in [2.24, 2.45) is 28.1 Å². The van der Waals surface area contributed by atoms with Gasteiger partial charge in [0.1, 0.15) is 23.9 Å². The summed E-state index contributed by atoms with van der Waals surface area (Å²) in [4.78, 5) is 54.3. The third-order valence-corrected chi connectivity index (χ3v) is 6.27. The molecule has 11 N–H and O–H groups in total. The lowest BCUT2D eigenvalue weighted by molar-refractivity contribution is -0.142. The fraction of sp³-hybridized carbons (Fsp3) is 0.542. The lowest BCUT2D eigenvalue weighted by atomic mass is 9.96. The van der Waals surface area contributed by atoms with Crippen molar-refractivity contribution in [3.63, 3.8) is 0 Å². The van der Waals surface area contributed by atoms with E-state index in [9.17, 15) is 29.4 Å². The summed E-state index contributed by atoms with van der Waals surface area (Å²) in [5.74, 6) is -3.70. The minimum atomic E-state index is -1.26. The molecule has 0 saturated carbocycles. The molecule has 1 aromatic carbocycles. The van der Waals surface area contributed by atoms with Crippen LogP contribution in [0.4, 0.5) is 0 Å². The summed E-state index contributed by atoms with van der Waals surface area (Å²) in [6.07, 6.45) is 1.25. The first-order chi connectivity index (χ1) is 17.9. The van der Waals surface area contributed by atoms with Crippen LogP contribution >= 0.6 is 12.6 Å². The second kappa shape index (κ2) is 16.3. The summed E-state index contributed by atoms with van der Waals surface area (Å²) < 4.78 is 0. The van der Waals surface area contributed by atoms with Crippen molar-refractivity contribution in [3.8, 4) is 5.75 Å². The first-order valence-corrected chi connectivity index (χ1v) is 12.9. The fourth-order valence-electron chi connectivity index (χ4n) is 3.41. The molecule has 5 atom stereocenters. The fourth-order valence-corrected chi connectivity index (χ4v) is 3.66. The number of aliphatic carboxylic acids is 1. The van der Waals surface area contributed by atoms with Crippen LogP contribution in [0, 0.1) is 5.92 Å². The van der Waals surface area contributed by atoms with Crippen molar-refractivity contribution in [3.05, 3.63) is 29.8 Å². The number of carboxylic acids is 1. The van der Waals surface area contributed by atoms with Gasteiger partial charge in [-0.2, -0.15) is 12.6 Å². The number of rotatable bonds is 16. The number of carboxylic acid groups (broad SMARTS) is 1. The van der Waals surface area contributed by atoms with E-state index < -0.39 is 47.9 Å². The highest BCUT2D eigenvalue weighted by Crippen LogP contribution is 2.13. The van der Waals surface area contributed by atoms with Gasteiger partial charge >= 0.3 is 5.97 Å². The van der Waals surface area contributed by atoms with Crippen molar-refractivity contribution in [1.82, 2.24) is 16.0 Å². The quantitative estimate of drug-likeness (QED) is 0.0518. The van der Waals surface area contributed by atoms with Gasteiger partial charge in [-0.05, 0) is 36.5 Å². The first-order valence-electron chi connectivity index (χ1n) is 12.2. The maximum Gasteiger partial charge on any atom is 0.327 e. The van der Waals surface area contributed by atoms with E-state index in [1.165, 1.54) is 12.1 Å². The summed E-state index contributed by atoms with van der Waals surface area (Å²) in [6, 6.07) is 1.72. The number of guanidine groups is 1. The van der Waals surface area contributed by atoms with Gasteiger partial charge in [-0.25, -0.2) is 4.79 Å². The second-order valence-electron chi connectivity index (χ2n) is 8.94. The number of amides is 3. The molecule has 3 amide bonds. The largest absolute Gasteiger partial charge is 0.508 e. The number of phenols is 1. The number of aromatic hydroxyl groups is 1. The molecule has 0 aliphatic rings. The average molecular weight is 554 g/mol. The molecule has 0 fully saturated rings. The topological polar surface area (TPSA) is 235 Å². The van der Waals surface area contributed by atoms with E-state index in [-0.39, 0.29) is 42.8 Å². The molecule has 212 valence electrons. The molecule has 0 aliphatic heterocycles. The summed E-state index contributed by atoms with van der Waals surface area (Å²) >= 11 is 3.96. The lowest BCUT2D eigenvalue weighted by Crippen LogP contribution is -2.59. The van der Waals surface area contributed by atoms with E-state index >= 15 is 0 Å². The SMILES string of the molecule is CCC(C)C(NC(=O)C(Cc1ccc(O)cc1)NC(=O)C(N)CCCN=C(N)N)C(=O)NC(CS)C(=O)O. The first kappa shape index (κ1) is 32.5. The van der Waals surface area contributed by atoms with Crippen LogP contribution < -0.4 is 33.2 Å². The Morgan fingerprint density at radius 1 is 1.00 bits per heavy atom. The minimum Gasteiger partial charge on any atom is -0.508 e. The van der Waals surface area contributed by atoms with Crippen molar-refractivity contribution in [2.45, 2.75) is 63.7 Å². The zero-order valence-corrected chi connectivity index (χ0v) is 22.5. The van der Waals surface area contributed by atoms with Crippen LogP contribution in [-0.2, 0) is 25.6 Å². The molecule has 0 radical (unpaired) electrons. The molecule has 0 spiro atoms. The average Bonchev–Trinajstić information content (AvgIpc) is 2.87. The predicted octanol–water partition coefficient (Wildman–Crippen LogP) is -1.17. The van der Waals surface area contributed by atoms with Gasteiger partial charge in [-0.15, -0.1) is 0 Å². The molecule has 1 aromatic rings. The van der Waals surface area contributed by atoms with Crippen LogP contribution in [0.3, 0.4) is 0 Å². The predicted molar refractivity (Wildman–Crippen MR) is 146 cm³/mol. The lowest BCUT2D eigenvalue weighted by Gasteiger charge is -2.28.